The normalized spacial score (nSPS) is 11.5. The second-order valence-corrected chi connectivity index (χ2v) is 2.88. The van der Waals surface area contributed by atoms with Crippen LogP contribution in [0.3, 0.4) is 0 Å². The number of nitrogens with two attached hydrogens (primary N) is 1. The number of ether oxygens (including phenoxy) is 1. The Hall–Kier alpha value is -2.00. The summed E-state index contributed by atoms with van der Waals surface area (Å²) in [6.07, 6.45) is -7.26. The summed E-state index contributed by atoms with van der Waals surface area (Å²) in [5.41, 5.74) is 1.58. The van der Waals surface area contributed by atoms with Gasteiger partial charge in [-0.05, 0) is 0 Å². The zero-order chi connectivity index (χ0) is 14.2. The first kappa shape index (κ1) is 14.1. The van der Waals surface area contributed by atoms with Crippen LogP contribution in [-0.2, 0) is 10.8 Å². The Morgan fingerprint density at radius 1 is 0.889 bits per heavy atom. The third-order valence-electron chi connectivity index (χ3n) is 1.73. The van der Waals surface area contributed by atoms with E-state index < -0.39 is 46.9 Å². The molecule has 0 bridgehead atoms. The molecule has 0 saturated carbocycles. The van der Waals surface area contributed by atoms with Crippen LogP contribution < -0.4 is 5.73 Å². The van der Waals surface area contributed by atoms with Crippen molar-refractivity contribution in [3.05, 3.63) is 34.6 Å². The lowest BCUT2D eigenvalue weighted by Crippen LogP contribution is -2.29. The molecule has 10 heteroatoms. The molecule has 0 aliphatic carbocycles. The van der Waals surface area contributed by atoms with Gasteiger partial charge in [0.1, 0.15) is 5.56 Å². The molecule has 0 aliphatic rings. The Bertz CT molecular complexity index is 488. The van der Waals surface area contributed by atoms with Crippen LogP contribution in [-0.4, -0.2) is 6.09 Å². The SMILES string of the molecule is NC(=O)OC(F)(F)c1c(F)c(F)c(F)c(F)c1F. The van der Waals surface area contributed by atoms with Crippen LogP contribution in [0.4, 0.5) is 35.5 Å². The second kappa shape index (κ2) is 4.35. The second-order valence-electron chi connectivity index (χ2n) is 2.88. The predicted molar refractivity (Wildman–Crippen MR) is 40.8 cm³/mol. The molecule has 1 rings (SSSR count). The summed E-state index contributed by atoms with van der Waals surface area (Å²) in [7, 11) is 0. The Morgan fingerprint density at radius 3 is 1.56 bits per heavy atom. The summed E-state index contributed by atoms with van der Waals surface area (Å²) in [5.74, 6) is -13.5. The van der Waals surface area contributed by atoms with E-state index in [1.54, 1.807) is 0 Å². The van der Waals surface area contributed by atoms with Gasteiger partial charge in [0, 0.05) is 0 Å². The minimum Gasteiger partial charge on any atom is -0.380 e. The van der Waals surface area contributed by atoms with E-state index in [2.05, 4.69) is 10.5 Å². The highest BCUT2D eigenvalue weighted by molar-refractivity contribution is 5.65. The van der Waals surface area contributed by atoms with Gasteiger partial charge in [-0.3, -0.25) is 0 Å². The highest BCUT2D eigenvalue weighted by Crippen LogP contribution is 2.36. The average Bonchev–Trinajstić information content (AvgIpc) is 2.21. The lowest BCUT2D eigenvalue weighted by atomic mass is 10.1. The van der Waals surface area contributed by atoms with Crippen molar-refractivity contribution in [1.82, 2.24) is 0 Å². The Kier molecular flexibility index (Phi) is 3.40. The fraction of sp³-hybridized carbons (Fsp3) is 0.125. The molecule has 0 aliphatic heterocycles. The number of benzene rings is 1. The summed E-state index contributed by atoms with van der Waals surface area (Å²) >= 11 is 0. The molecule has 2 N–H and O–H groups in total. The van der Waals surface area contributed by atoms with Crippen molar-refractivity contribution in [1.29, 1.82) is 0 Å². The van der Waals surface area contributed by atoms with Crippen molar-refractivity contribution in [2.24, 2.45) is 5.73 Å². The molecule has 0 spiro atoms. The van der Waals surface area contributed by atoms with Crippen LogP contribution in [0.5, 0.6) is 0 Å². The molecule has 1 aromatic carbocycles. The van der Waals surface area contributed by atoms with Crippen LogP contribution in [0.15, 0.2) is 0 Å². The van der Waals surface area contributed by atoms with Gasteiger partial charge in [0.05, 0.1) is 0 Å². The lowest BCUT2D eigenvalue weighted by molar-refractivity contribution is -0.210. The topological polar surface area (TPSA) is 52.3 Å². The molecule has 100 valence electrons. The number of primary amides is 1. The Balaban J connectivity index is 3.55. The van der Waals surface area contributed by atoms with E-state index in [-0.39, 0.29) is 0 Å². The molecule has 0 heterocycles. The largest absolute Gasteiger partial charge is 0.435 e. The highest BCUT2D eigenvalue weighted by Gasteiger charge is 2.45. The number of hydrogen-bond acceptors (Lipinski definition) is 2. The Labute approximate surface area is 93.9 Å². The lowest BCUT2D eigenvalue weighted by Gasteiger charge is -2.17. The summed E-state index contributed by atoms with van der Waals surface area (Å²) in [4.78, 5) is 10.1. The van der Waals surface area contributed by atoms with Crippen molar-refractivity contribution < 1.29 is 40.3 Å². The van der Waals surface area contributed by atoms with E-state index in [1.807, 2.05) is 0 Å². The first-order valence-electron chi connectivity index (χ1n) is 3.97. The van der Waals surface area contributed by atoms with Gasteiger partial charge >= 0.3 is 12.2 Å². The van der Waals surface area contributed by atoms with Gasteiger partial charge in [-0.2, -0.15) is 8.78 Å². The van der Waals surface area contributed by atoms with Crippen molar-refractivity contribution in [3.63, 3.8) is 0 Å². The molecule has 0 radical (unpaired) electrons. The van der Waals surface area contributed by atoms with Crippen LogP contribution >= 0.6 is 0 Å². The first-order valence-corrected chi connectivity index (χ1v) is 3.97. The van der Waals surface area contributed by atoms with Crippen LogP contribution in [0.2, 0.25) is 0 Å². The van der Waals surface area contributed by atoms with Gasteiger partial charge in [0.25, 0.3) is 0 Å². The standard InChI is InChI=1S/C8H2F7NO2/c9-2-1(8(14,15)18-7(16)17)3(10)5(12)6(13)4(2)11/h(H2,16,17). The van der Waals surface area contributed by atoms with E-state index in [4.69, 9.17) is 0 Å². The number of halogens is 7. The van der Waals surface area contributed by atoms with E-state index in [1.165, 1.54) is 0 Å². The van der Waals surface area contributed by atoms with Gasteiger partial charge in [-0.1, -0.05) is 0 Å². The van der Waals surface area contributed by atoms with E-state index in [0.29, 0.717) is 0 Å². The number of rotatable bonds is 2. The predicted octanol–water partition coefficient (Wildman–Crippen LogP) is 2.53. The van der Waals surface area contributed by atoms with E-state index >= 15 is 0 Å². The number of carbonyl (C=O) groups is 1. The summed E-state index contributed by atoms with van der Waals surface area (Å²) in [6.45, 7) is 0. The third kappa shape index (κ3) is 2.17. The molecule has 1 aromatic rings. The van der Waals surface area contributed by atoms with Gasteiger partial charge in [0.15, 0.2) is 23.3 Å². The number of hydrogen-bond donors (Lipinski definition) is 1. The smallest absolute Gasteiger partial charge is 0.380 e. The average molecular weight is 277 g/mol. The van der Waals surface area contributed by atoms with Crippen molar-refractivity contribution in [2.45, 2.75) is 6.11 Å². The minimum atomic E-state index is -5.10. The zero-order valence-corrected chi connectivity index (χ0v) is 8.04. The molecular weight excluding hydrogens is 275 g/mol. The fourth-order valence-corrected chi connectivity index (χ4v) is 1.04. The molecule has 1 amide bonds. The molecule has 0 aromatic heterocycles. The monoisotopic (exact) mass is 277 g/mol. The zero-order valence-electron chi connectivity index (χ0n) is 8.04. The maximum Gasteiger partial charge on any atom is 0.435 e. The third-order valence-corrected chi connectivity index (χ3v) is 1.73. The highest BCUT2D eigenvalue weighted by atomic mass is 19.3. The van der Waals surface area contributed by atoms with E-state index in [0.717, 1.165) is 0 Å². The van der Waals surface area contributed by atoms with Crippen molar-refractivity contribution in [3.8, 4) is 0 Å². The van der Waals surface area contributed by atoms with Gasteiger partial charge < -0.3 is 10.5 Å². The van der Waals surface area contributed by atoms with Gasteiger partial charge in [0.2, 0.25) is 5.82 Å². The maximum absolute atomic E-state index is 13.0. The summed E-state index contributed by atoms with van der Waals surface area (Å²) in [5, 5.41) is 0. The maximum atomic E-state index is 13.0. The first-order chi connectivity index (χ1) is 8.09. The molecule has 0 fully saturated rings. The van der Waals surface area contributed by atoms with Crippen molar-refractivity contribution in [2.75, 3.05) is 0 Å². The fourth-order valence-electron chi connectivity index (χ4n) is 1.04. The van der Waals surface area contributed by atoms with Crippen molar-refractivity contribution >= 4 is 6.09 Å². The van der Waals surface area contributed by atoms with Crippen LogP contribution in [0.1, 0.15) is 5.56 Å². The molecule has 18 heavy (non-hydrogen) atoms. The minimum absolute atomic E-state index is 2.16. The van der Waals surface area contributed by atoms with Crippen LogP contribution in [0.25, 0.3) is 0 Å². The number of carbonyl (C=O) groups excluding carboxylic acids is 1. The molecule has 3 nitrogen and oxygen atoms in total. The van der Waals surface area contributed by atoms with E-state index in [9.17, 15) is 35.5 Å². The molecule has 0 unspecified atom stereocenters. The quantitative estimate of drug-likeness (QED) is 0.513. The summed E-state index contributed by atoms with van der Waals surface area (Å²) in [6, 6.07) is 0. The Morgan fingerprint density at radius 2 is 1.22 bits per heavy atom. The molecule has 0 atom stereocenters. The van der Waals surface area contributed by atoms with Gasteiger partial charge in [-0.25, -0.2) is 26.7 Å². The molecule has 0 saturated heterocycles. The van der Waals surface area contributed by atoms with Gasteiger partial charge in [-0.15, -0.1) is 0 Å². The molecular formula is C8H2F7NO2. The summed E-state index contributed by atoms with van der Waals surface area (Å²) < 4.78 is 92.5. The number of amides is 1. The number of alkyl halides is 2. The van der Waals surface area contributed by atoms with Crippen LogP contribution in [0, 0.1) is 29.1 Å².